The van der Waals surface area contributed by atoms with E-state index < -0.39 is 0 Å². The van der Waals surface area contributed by atoms with Crippen molar-refractivity contribution in [2.45, 2.75) is 39.2 Å². The Hall–Kier alpha value is -2.93. The highest BCUT2D eigenvalue weighted by molar-refractivity contribution is 6.44. The molecule has 4 heterocycles. The Bertz CT molecular complexity index is 1050. The first-order valence-corrected chi connectivity index (χ1v) is 10.8. The van der Waals surface area contributed by atoms with Crippen LogP contribution in [0.5, 0.6) is 5.88 Å². The number of Topliss-reactive ketones (excluding diaryl/α,β-unsaturated/α-hetero) is 1. The Morgan fingerprint density at radius 3 is 2.90 bits per heavy atom. The lowest BCUT2D eigenvalue weighted by molar-refractivity contribution is -0.113. The Morgan fingerprint density at radius 1 is 1.26 bits per heavy atom. The van der Waals surface area contributed by atoms with Crippen LogP contribution in [0.25, 0.3) is 0 Å². The summed E-state index contributed by atoms with van der Waals surface area (Å²) in [6.45, 7) is 7.78. The summed E-state index contributed by atoms with van der Waals surface area (Å²) < 4.78 is 6.27. The normalized spacial score (nSPS) is 18.8. The summed E-state index contributed by atoms with van der Waals surface area (Å²) in [5.41, 5.74) is 4.58. The molecule has 1 atom stereocenters. The maximum atomic E-state index is 11.9. The highest BCUT2D eigenvalue weighted by atomic mass is 35.5. The predicted octanol–water partition coefficient (Wildman–Crippen LogP) is 4.21. The number of nitrogens with zero attached hydrogens (tertiary/aromatic N) is 4. The fraction of sp³-hybridized carbons (Fsp3) is 0.391. The molecule has 0 saturated carbocycles. The van der Waals surface area contributed by atoms with Crippen LogP contribution in [0.3, 0.4) is 0 Å². The predicted molar refractivity (Wildman–Crippen MR) is 122 cm³/mol. The molecule has 1 N–H and O–H groups in total. The zero-order valence-corrected chi connectivity index (χ0v) is 18.7. The van der Waals surface area contributed by atoms with Gasteiger partial charge in [0.05, 0.1) is 23.6 Å². The molecule has 2 aromatic rings. The van der Waals surface area contributed by atoms with Crippen LogP contribution in [-0.4, -0.2) is 52.6 Å². The fourth-order valence-electron chi connectivity index (χ4n) is 3.80. The average Bonchev–Trinajstić information content (AvgIpc) is 3.21. The summed E-state index contributed by atoms with van der Waals surface area (Å²) in [5.74, 6) is 0.679. The lowest BCUT2D eigenvalue weighted by atomic mass is 10.0. The standard InChI is InChI=1S/C23H26ClN5O2/c1-14(2)21-22(15(3)6-9-26-21)28-17-5-4-8-27-23(17)31-16-7-10-29(13-16)18-11-25-12-19(30)20(18)24/h4-6,8-9,11,14,16,28H,7,10,12-13H2,1-3H3/t16-/m1/s1. The molecule has 0 amide bonds. The number of rotatable bonds is 6. The molecule has 2 aliphatic heterocycles. The van der Waals surface area contributed by atoms with Crippen LogP contribution >= 0.6 is 11.6 Å². The van der Waals surface area contributed by atoms with Gasteiger partial charge in [0.2, 0.25) is 5.88 Å². The topological polar surface area (TPSA) is 79.7 Å². The number of aliphatic imine (C=N–C) groups is 1. The van der Waals surface area contributed by atoms with Crippen molar-refractivity contribution >= 4 is 35.0 Å². The largest absolute Gasteiger partial charge is 0.471 e. The number of aromatic nitrogens is 2. The molecule has 2 aromatic heterocycles. The van der Waals surface area contributed by atoms with Crippen LogP contribution in [0.15, 0.2) is 46.3 Å². The van der Waals surface area contributed by atoms with Crippen molar-refractivity contribution in [3.63, 3.8) is 0 Å². The molecule has 1 saturated heterocycles. The van der Waals surface area contributed by atoms with E-state index in [4.69, 9.17) is 16.3 Å². The molecular weight excluding hydrogens is 414 g/mol. The summed E-state index contributed by atoms with van der Waals surface area (Å²) in [6, 6.07) is 5.83. The number of carbonyl (C=O) groups excluding carboxylic acids is 1. The lowest BCUT2D eigenvalue weighted by Gasteiger charge is -2.23. The molecule has 7 nitrogen and oxygen atoms in total. The van der Waals surface area contributed by atoms with Crippen LogP contribution in [0, 0.1) is 6.92 Å². The SMILES string of the molecule is Cc1ccnc(C(C)C)c1Nc1cccnc1O[C@@H]1CCN(C2=C(Cl)C(=O)CN=C2)C1. The van der Waals surface area contributed by atoms with Crippen LogP contribution < -0.4 is 10.1 Å². The molecule has 0 spiro atoms. The fourth-order valence-corrected chi connectivity index (χ4v) is 4.03. The van der Waals surface area contributed by atoms with Gasteiger partial charge >= 0.3 is 0 Å². The third kappa shape index (κ3) is 4.56. The number of ether oxygens (including phenoxy) is 1. The van der Waals surface area contributed by atoms with Gasteiger partial charge in [0.25, 0.3) is 0 Å². The minimum absolute atomic E-state index is 0.0718. The van der Waals surface area contributed by atoms with Gasteiger partial charge in [-0.05, 0) is 36.6 Å². The number of halogens is 1. The summed E-state index contributed by atoms with van der Waals surface area (Å²) >= 11 is 6.22. The second-order valence-corrected chi connectivity index (χ2v) is 8.47. The van der Waals surface area contributed by atoms with E-state index in [1.807, 2.05) is 29.3 Å². The van der Waals surface area contributed by atoms with Gasteiger partial charge in [0.15, 0.2) is 5.78 Å². The highest BCUT2D eigenvalue weighted by Gasteiger charge is 2.29. The van der Waals surface area contributed by atoms with Gasteiger partial charge in [-0.1, -0.05) is 25.4 Å². The van der Waals surface area contributed by atoms with Crippen molar-refractivity contribution in [2.24, 2.45) is 4.99 Å². The molecule has 0 aromatic carbocycles. The van der Waals surface area contributed by atoms with Crippen molar-refractivity contribution in [2.75, 3.05) is 25.0 Å². The molecule has 31 heavy (non-hydrogen) atoms. The van der Waals surface area contributed by atoms with E-state index in [9.17, 15) is 4.79 Å². The van der Waals surface area contributed by atoms with E-state index in [1.165, 1.54) is 0 Å². The van der Waals surface area contributed by atoms with Gasteiger partial charge in [-0.2, -0.15) is 0 Å². The van der Waals surface area contributed by atoms with Gasteiger partial charge in [0, 0.05) is 31.6 Å². The summed E-state index contributed by atoms with van der Waals surface area (Å²) in [4.78, 5) is 27.0. The summed E-state index contributed by atoms with van der Waals surface area (Å²) in [6.07, 6.45) is 5.96. The average molecular weight is 440 g/mol. The summed E-state index contributed by atoms with van der Waals surface area (Å²) in [7, 11) is 0. The Kier molecular flexibility index (Phi) is 6.23. The molecule has 0 bridgehead atoms. The van der Waals surface area contributed by atoms with Crippen molar-refractivity contribution in [3.8, 4) is 5.88 Å². The molecule has 162 valence electrons. The van der Waals surface area contributed by atoms with E-state index in [2.05, 4.69) is 41.0 Å². The number of allylic oxidation sites excluding steroid dienone is 1. The number of nitrogens with one attached hydrogen (secondary N) is 1. The zero-order valence-electron chi connectivity index (χ0n) is 17.9. The number of pyridine rings is 2. The van der Waals surface area contributed by atoms with Crippen LogP contribution in [0.4, 0.5) is 11.4 Å². The van der Waals surface area contributed by atoms with Crippen LogP contribution in [0.1, 0.15) is 37.4 Å². The smallest absolute Gasteiger partial charge is 0.238 e. The number of hydrogen-bond acceptors (Lipinski definition) is 7. The third-order valence-corrected chi connectivity index (χ3v) is 5.85. The monoisotopic (exact) mass is 439 g/mol. The molecular formula is C23H26ClN5O2. The van der Waals surface area contributed by atoms with Gasteiger partial charge in [0.1, 0.15) is 23.4 Å². The second kappa shape index (κ2) is 9.06. The zero-order chi connectivity index (χ0) is 22.0. The lowest BCUT2D eigenvalue weighted by Crippen LogP contribution is -2.28. The van der Waals surface area contributed by atoms with Gasteiger partial charge in [-0.3, -0.25) is 14.8 Å². The molecule has 8 heteroatoms. The van der Waals surface area contributed by atoms with Crippen LogP contribution in [0.2, 0.25) is 0 Å². The van der Waals surface area contributed by atoms with Crippen molar-refractivity contribution in [3.05, 3.63) is 52.6 Å². The Balaban J connectivity index is 1.52. The quantitative estimate of drug-likeness (QED) is 0.726. The number of aryl methyl sites for hydroxylation is 1. The second-order valence-electron chi connectivity index (χ2n) is 8.09. The van der Waals surface area contributed by atoms with E-state index in [0.717, 1.165) is 35.6 Å². The first kappa shape index (κ1) is 21.3. The van der Waals surface area contributed by atoms with E-state index in [1.54, 1.807) is 12.4 Å². The van der Waals surface area contributed by atoms with E-state index in [-0.39, 0.29) is 29.4 Å². The first-order valence-electron chi connectivity index (χ1n) is 10.5. The number of likely N-dealkylation sites (tertiary alicyclic amines) is 1. The molecule has 0 radical (unpaired) electrons. The van der Waals surface area contributed by atoms with Crippen LogP contribution in [-0.2, 0) is 4.79 Å². The first-order chi connectivity index (χ1) is 14.9. The van der Waals surface area contributed by atoms with Crippen molar-refractivity contribution in [1.82, 2.24) is 14.9 Å². The van der Waals surface area contributed by atoms with Crippen molar-refractivity contribution in [1.29, 1.82) is 0 Å². The number of hydrogen-bond donors (Lipinski definition) is 1. The minimum Gasteiger partial charge on any atom is -0.471 e. The van der Waals surface area contributed by atoms with Crippen molar-refractivity contribution < 1.29 is 9.53 Å². The molecule has 0 aliphatic carbocycles. The van der Waals surface area contributed by atoms with Gasteiger partial charge in [-0.25, -0.2) is 4.98 Å². The maximum absolute atomic E-state index is 11.9. The summed E-state index contributed by atoms with van der Waals surface area (Å²) in [5, 5.41) is 3.75. The third-order valence-electron chi connectivity index (χ3n) is 5.45. The minimum atomic E-state index is -0.146. The highest BCUT2D eigenvalue weighted by Crippen LogP contribution is 2.33. The van der Waals surface area contributed by atoms with Gasteiger partial charge < -0.3 is 15.0 Å². The van der Waals surface area contributed by atoms with Gasteiger partial charge in [-0.15, -0.1) is 0 Å². The number of ketones is 1. The molecule has 1 fully saturated rings. The molecule has 4 rings (SSSR count). The molecule has 2 aliphatic rings. The Morgan fingerprint density at radius 2 is 2.10 bits per heavy atom. The van der Waals surface area contributed by atoms with E-state index in [0.29, 0.717) is 18.1 Å². The van der Waals surface area contributed by atoms with E-state index >= 15 is 0 Å². The Labute approximate surface area is 187 Å². The number of carbonyl (C=O) groups is 1. The molecule has 0 unspecified atom stereocenters. The number of anilines is 2. The number of dihydropyridines is 1. The maximum Gasteiger partial charge on any atom is 0.238 e.